The molecule has 0 bridgehead atoms. The molecule has 0 radical (unpaired) electrons. The van der Waals surface area contributed by atoms with Gasteiger partial charge in [-0.2, -0.15) is 0 Å². The van der Waals surface area contributed by atoms with Crippen molar-refractivity contribution in [3.63, 3.8) is 0 Å². The van der Waals surface area contributed by atoms with Gasteiger partial charge in [-0.25, -0.2) is 9.97 Å². The number of nitrogens with zero attached hydrogens (tertiary/aromatic N) is 3. The quantitative estimate of drug-likeness (QED) is 0.337. The van der Waals surface area contributed by atoms with Gasteiger partial charge in [0.15, 0.2) is 0 Å². The first-order valence-corrected chi connectivity index (χ1v) is 12.0. The number of rotatable bonds is 8. The predicted molar refractivity (Wildman–Crippen MR) is 140 cm³/mol. The number of aromatic amines is 1. The molecule has 184 valence electrons. The maximum atomic E-state index is 11.6. The van der Waals surface area contributed by atoms with Crippen LogP contribution in [0.1, 0.15) is 18.4 Å². The number of fused-ring (bicyclic) bond motifs is 1. The van der Waals surface area contributed by atoms with Crippen molar-refractivity contribution in [3.8, 4) is 22.9 Å². The summed E-state index contributed by atoms with van der Waals surface area (Å²) in [5.74, 6) is 0.692. The molecule has 4 aromatic rings. The zero-order valence-corrected chi connectivity index (χ0v) is 20.2. The Bertz CT molecular complexity index is 1360. The van der Waals surface area contributed by atoms with Gasteiger partial charge >= 0.3 is 0 Å². The lowest BCUT2D eigenvalue weighted by atomic mass is 10.1. The van der Waals surface area contributed by atoms with Crippen LogP contribution in [0.2, 0.25) is 0 Å². The summed E-state index contributed by atoms with van der Waals surface area (Å²) in [6.07, 6.45) is 5.19. The van der Waals surface area contributed by atoms with E-state index in [0.717, 1.165) is 48.1 Å². The monoisotopic (exact) mass is 483 g/mol. The molecule has 3 heterocycles. The van der Waals surface area contributed by atoms with Crippen LogP contribution in [0.3, 0.4) is 0 Å². The van der Waals surface area contributed by atoms with E-state index in [-0.39, 0.29) is 5.91 Å². The number of ether oxygens (including phenoxy) is 2. The van der Waals surface area contributed by atoms with Crippen LogP contribution in [-0.2, 0) is 16.1 Å². The number of H-pyrrole nitrogens is 1. The Kier molecular flexibility index (Phi) is 7.06. The molecule has 8 heteroatoms. The lowest BCUT2D eigenvalue weighted by molar-refractivity contribution is -0.111. The second-order valence-corrected chi connectivity index (χ2v) is 8.96. The summed E-state index contributed by atoms with van der Waals surface area (Å²) >= 11 is 0. The Morgan fingerprint density at radius 2 is 1.97 bits per heavy atom. The maximum absolute atomic E-state index is 11.6. The van der Waals surface area contributed by atoms with Crippen LogP contribution in [-0.4, -0.2) is 52.0 Å². The first kappa shape index (κ1) is 23.7. The van der Waals surface area contributed by atoms with Gasteiger partial charge in [-0.15, -0.1) is 0 Å². The second kappa shape index (κ2) is 10.7. The van der Waals surface area contributed by atoms with E-state index in [1.165, 1.54) is 12.4 Å². The van der Waals surface area contributed by atoms with Gasteiger partial charge in [0.05, 0.1) is 18.1 Å². The predicted octanol–water partition coefficient (Wildman–Crippen LogP) is 5.15. The van der Waals surface area contributed by atoms with Crippen molar-refractivity contribution in [2.24, 2.45) is 0 Å². The number of hydrogen-bond donors (Lipinski definition) is 2. The van der Waals surface area contributed by atoms with Gasteiger partial charge in [-0.1, -0.05) is 36.9 Å². The molecular weight excluding hydrogens is 454 g/mol. The molecule has 1 aliphatic heterocycles. The van der Waals surface area contributed by atoms with Crippen molar-refractivity contribution in [2.75, 3.05) is 25.5 Å². The van der Waals surface area contributed by atoms with E-state index >= 15 is 0 Å². The number of carbonyl (C=O) groups is 1. The van der Waals surface area contributed by atoms with Crippen LogP contribution in [0.5, 0.6) is 11.6 Å². The lowest BCUT2D eigenvalue weighted by Gasteiger charge is -2.28. The summed E-state index contributed by atoms with van der Waals surface area (Å²) in [5.41, 5.74) is 4.40. The number of hydrogen-bond acceptors (Lipinski definition) is 6. The van der Waals surface area contributed by atoms with Crippen LogP contribution >= 0.6 is 0 Å². The summed E-state index contributed by atoms with van der Waals surface area (Å²) < 4.78 is 12.2. The van der Waals surface area contributed by atoms with E-state index in [0.29, 0.717) is 35.7 Å². The van der Waals surface area contributed by atoms with Gasteiger partial charge in [0.25, 0.3) is 0 Å². The Hall–Kier alpha value is -4.01. The van der Waals surface area contributed by atoms with E-state index in [1.54, 1.807) is 24.3 Å². The van der Waals surface area contributed by atoms with Gasteiger partial charge in [0.2, 0.25) is 11.8 Å². The minimum absolute atomic E-state index is 0.286. The number of benzene rings is 2. The molecule has 36 heavy (non-hydrogen) atoms. The summed E-state index contributed by atoms with van der Waals surface area (Å²) in [6.45, 7) is 6.28. The van der Waals surface area contributed by atoms with Crippen LogP contribution in [0.4, 0.5) is 5.69 Å². The van der Waals surface area contributed by atoms with Crippen molar-refractivity contribution < 1.29 is 14.3 Å². The van der Waals surface area contributed by atoms with Gasteiger partial charge < -0.3 is 24.7 Å². The SMILES string of the molecule is C=CC(=O)Nc1cccc(Oc2ncnc3[nH]c(-c4ccc(COC5CCN(C)CC5)cc4)cc23)c1. The Labute approximate surface area is 210 Å². The molecule has 0 atom stereocenters. The fourth-order valence-electron chi connectivity index (χ4n) is 4.24. The minimum Gasteiger partial charge on any atom is -0.438 e. The highest BCUT2D eigenvalue weighted by molar-refractivity contribution is 5.99. The average molecular weight is 484 g/mol. The second-order valence-electron chi connectivity index (χ2n) is 8.96. The van der Waals surface area contributed by atoms with Gasteiger partial charge in [0.1, 0.15) is 17.7 Å². The van der Waals surface area contributed by atoms with E-state index in [9.17, 15) is 4.79 Å². The Morgan fingerprint density at radius 3 is 2.75 bits per heavy atom. The number of anilines is 1. The molecule has 0 unspecified atom stereocenters. The molecule has 0 spiro atoms. The van der Waals surface area contributed by atoms with Gasteiger partial charge in [-0.3, -0.25) is 4.79 Å². The zero-order chi connectivity index (χ0) is 24.9. The third-order valence-electron chi connectivity index (χ3n) is 6.31. The summed E-state index contributed by atoms with van der Waals surface area (Å²) in [7, 11) is 2.16. The zero-order valence-electron chi connectivity index (χ0n) is 20.2. The summed E-state index contributed by atoms with van der Waals surface area (Å²) in [4.78, 5) is 26.0. The van der Waals surface area contributed by atoms with E-state index < -0.39 is 0 Å². The lowest BCUT2D eigenvalue weighted by Crippen LogP contribution is -2.34. The molecule has 2 N–H and O–H groups in total. The molecular formula is C28H29N5O3. The molecule has 2 aromatic heterocycles. The molecule has 0 aliphatic carbocycles. The van der Waals surface area contributed by atoms with Crippen LogP contribution in [0, 0.1) is 0 Å². The highest BCUT2D eigenvalue weighted by Gasteiger charge is 2.17. The van der Waals surface area contributed by atoms with Crippen molar-refractivity contribution in [1.82, 2.24) is 19.9 Å². The molecule has 8 nitrogen and oxygen atoms in total. The van der Waals surface area contributed by atoms with Crippen molar-refractivity contribution in [1.29, 1.82) is 0 Å². The van der Waals surface area contributed by atoms with E-state index in [4.69, 9.17) is 9.47 Å². The molecule has 1 amide bonds. The molecule has 5 rings (SSSR count). The first-order valence-electron chi connectivity index (χ1n) is 12.0. The third kappa shape index (κ3) is 5.62. The van der Waals surface area contributed by atoms with Crippen molar-refractivity contribution in [3.05, 3.63) is 79.1 Å². The standard InChI is InChI=1S/C28H29N5O3/c1-3-26(34)31-21-5-4-6-23(15-21)36-28-24-16-25(32-27(24)29-18-30-28)20-9-7-19(8-10-20)17-35-22-11-13-33(2)14-12-22/h3-10,15-16,18,22H,1,11-14,17H2,2H3,(H,31,34)(H,29,30,32). The normalized spacial score (nSPS) is 14.6. The maximum Gasteiger partial charge on any atom is 0.247 e. The van der Waals surface area contributed by atoms with Crippen LogP contribution in [0.15, 0.2) is 73.6 Å². The van der Waals surface area contributed by atoms with Gasteiger partial charge in [0, 0.05) is 30.5 Å². The molecule has 2 aromatic carbocycles. The van der Waals surface area contributed by atoms with E-state index in [2.05, 4.69) is 63.1 Å². The average Bonchev–Trinajstić information content (AvgIpc) is 3.34. The number of likely N-dealkylation sites (tertiary alicyclic amines) is 1. The molecule has 1 aliphatic rings. The number of amides is 1. The minimum atomic E-state index is -0.286. The van der Waals surface area contributed by atoms with Crippen LogP contribution in [0.25, 0.3) is 22.3 Å². The number of aromatic nitrogens is 3. The Morgan fingerprint density at radius 1 is 1.17 bits per heavy atom. The summed E-state index contributed by atoms with van der Waals surface area (Å²) in [5, 5.41) is 3.49. The van der Waals surface area contributed by atoms with Crippen molar-refractivity contribution >= 4 is 22.6 Å². The molecule has 1 saturated heterocycles. The number of piperidine rings is 1. The third-order valence-corrected chi connectivity index (χ3v) is 6.31. The van der Waals surface area contributed by atoms with Crippen molar-refractivity contribution in [2.45, 2.75) is 25.6 Å². The largest absolute Gasteiger partial charge is 0.438 e. The van der Waals surface area contributed by atoms with E-state index in [1.807, 2.05) is 6.07 Å². The Balaban J connectivity index is 1.29. The molecule has 0 saturated carbocycles. The number of carbonyl (C=O) groups excluding carboxylic acids is 1. The molecule has 1 fully saturated rings. The fraction of sp³-hybridized carbons (Fsp3) is 0.250. The first-order chi connectivity index (χ1) is 17.6. The smallest absolute Gasteiger partial charge is 0.247 e. The highest BCUT2D eigenvalue weighted by atomic mass is 16.5. The summed E-state index contributed by atoms with van der Waals surface area (Å²) in [6, 6.07) is 17.5. The fourth-order valence-corrected chi connectivity index (χ4v) is 4.24. The topological polar surface area (TPSA) is 92.4 Å². The number of nitrogens with one attached hydrogen (secondary N) is 2. The highest BCUT2D eigenvalue weighted by Crippen LogP contribution is 2.31. The van der Waals surface area contributed by atoms with Gasteiger partial charge in [-0.05, 0) is 55.3 Å². The van der Waals surface area contributed by atoms with Crippen LogP contribution < -0.4 is 10.1 Å².